The van der Waals surface area contributed by atoms with E-state index >= 15 is 0 Å². The van der Waals surface area contributed by atoms with Crippen LogP contribution in [0.5, 0.6) is 0 Å². The zero-order valence-corrected chi connectivity index (χ0v) is 9.70. The lowest BCUT2D eigenvalue weighted by molar-refractivity contribution is -0.157. The van der Waals surface area contributed by atoms with Crippen molar-refractivity contribution in [3.63, 3.8) is 0 Å². The molecule has 1 fully saturated rings. The predicted octanol–water partition coefficient (Wildman–Crippen LogP) is 0.493. The lowest BCUT2D eigenvalue weighted by atomic mass is 10.4. The highest BCUT2D eigenvalue weighted by atomic mass is 32.3. The van der Waals surface area contributed by atoms with Crippen LogP contribution >= 0.6 is 0 Å². The Morgan fingerprint density at radius 2 is 1.95 bits per heavy atom. The second kappa shape index (κ2) is 4.15. The van der Waals surface area contributed by atoms with Gasteiger partial charge in [0.05, 0.1) is 6.54 Å². The molecule has 1 aromatic rings. The van der Waals surface area contributed by atoms with Crippen LogP contribution in [0.1, 0.15) is 12.3 Å². The molecule has 0 radical (unpaired) electrons. The van der Waals surface area contributed by atoms with E-state index in [9.17, 15) is 30.3 Å². The molecule has 19 heavy (non-hydrogen) atoms. The molecule has 1 amide bonds. The number of anilines is 1. The van der Waals surface area contributed by atoms with Gasteiger partial charge in [-0.1, -0.05) is 5.10 Å². The van der Waals surface area contributed by atoms with Crippen molar-refractivity contribution in [2.24, 2.45) is 0 Å². The summed E-state index contributed by atoms with van der Waals surface area (Å²) in [6, 6.07) is -0.816. The molecular formula is C7H5F4N3O4S. The first kappa shape index (κ1) is 13.7. The number of hydrogen-bond acceptors (Lipinski definition) is 6. The summed E-state index contributed by atoms with van der Waals surface area (Å²) in [7, 11) is -4.97. The predicted molar refractivity (Wildman–Crippen MR) is 50.1 cm³/mol. The van der Waals surface area contributed by atoms with E-state index in [4.69, 9.17) is 0 Å². The van der Waals surface area contributed by atoms with E-state index in [1.807, 2.05) is 0 Å². The van der Waals surface area contributed by atoms with E-state index in [0.717, 1.165) is 0 Å². The number of carbonyl (C=O) groups excluding carboxylic acids is 1. The van der Waals surface area contributed by atoms with Crippen LogP contribution < -0.4 is 4.90 Å². The number of halogens is 4. The van der Waals surface area contributed by atoms with Crippen molar-refractivity contribution in [3.05, 3.63) is 5.89 Å². The minimum atomic E-state index is -4.97. The van der Waals surface area contributed by atoms with E-state index < -0.39 is 52.4 Å². The van der Waals surface area contributed by atoms with E-state index in [1.165, 1.54) is 0 Å². The van der Waals surface area contributed by atoms with Crippen molar-refractivity contribution in [3.8, 4) is 0 Å². The highest BCUT2D eigenvalue weighted by molar-refractivity contribution is 7.87. The first-order chi connectivity index (χ1) is 8.59. The summed E-state index contributed by atoms with van der Waals surface area (Å²) in [5.41, 5.74) is 0. The molecule has 0 aromatic carbocycles. The molecule has 0 spiro atoms. The van der Waals surface area contributed by atoms with E-state index in [0.29, 0.717) is 4.90 Å². The van der Waals surface area contributed by atoms with Crippen LogP contribution in [0.3, 0.4) is 0 Å². The third kappa shape index (κ3) is 2.67. The Labute approximate surface area is 103 Å². The van der Waals surface area contributed by atoms with Crippen LogP contribution in [0.2, 0.25) is 0 Å². The Kier molecular flexibility index (Phi) is 2.99. The van der Waals surface area contributed by atoms with Crippen LogP contribution in [0, 0.1) is 0 Å². The minimum Gasteiger partial charge on any atom is -0.399 e. The van der Waals surface area contributed by atoms with Crippen molar-refractivity contribution in [1.29, 1.82) is 0 Å². The molecule has 1 saturated heterocycles. The average molecular weight is 303 g/mol. The first-order valence-electron chi connectivity index (χ1n) is 4.73. The van der Waals surface area contributed by atoms with Crippen molar-refractivity contribution in [1.82, 2.24) is 10.2 Å². The zero-order valence-electron chi connectivity index (χ0n) is 8.89. The summed E-state index contributed by atoms with van der Waals surface area (Å²) in [6.45, 7) is -0.669. The van der Waals surface area contributed by atoms with Crippen LogP contribution in [-0.4, -0.2) is 36.3 Å². The minimum absolute atomic E-state index is 0.504. The van der Waals surface area contributed by atoms with Gasteiger partial charge in [0.2, 0.25) is 5.91 Å². The topological polar surface area (TPSA) is 93.4 Å². The van der Waals surface area contributed by atoms with Gasteiger partial charge in [-0.05, 0) is 0 Å². The normalized spacial score (nSPS) is 21.2. The quantitative estimate of drug-likeness (QED) is 0.583. The lowest BCUT2D eigenvalue weighted by Crippen LogP contribution is -2.27. The van der Waals surface area contributed by atoms with Gasteiger partial charge in [-0.25, -0.2) is 0 Å². The van der Waals surface area contributed by atoms with Crippen molar-refractivity contribution >= 4 is 22.1 Å². The van der Waals surface area contributed by atoms with Gasteiger partial charge in [0.1, 0.15) is 5.25 Å². The Morgan fingerprint density at radius 3 is 2.37 bits per heavy atom. The molecule has 7 nitrogen and oxygen atoms in total. The highest BCUT2D eigenvalue weighted by Gasteiger charge is 2.43. The summed E-state index contributed by atoms with van der Waals surface area (Å²) in [5, 5.41) is 4.01. The number of hydrogen-bond donors (Lipinski definition) is 0. The summed E-state index contributed by atoms with van der Waals surface area (Å²) in [5.74, 6) is -2.59. The van der Waals surface area contributed by atoms with Crippen LogP contribution in [0.25, 0.3) is 0 Å². The first-order valence-corrected chi connectivity index (χ1v) is 6.18. The molecule has 1 aliphatic heterocycles. The molecule has 0 bridgehead atoms. The zero-order chi connectivity index (χ0) is 14.4. The van der Waals surface area contributed by atoms with E-state index in [1.54, 1.807) is 0 Å². The third-order valence-electron chi connectivity index (χ3n) is 2.38. The number of nitrogens with zero attached hydrogens (tertiary/aromatic N) is 3. The molecule has 1 aromatic heterocycles. The summed E-state index contributed by atoms with van der Waals surface area (Å²) < 4.78 is 74.7. The fourth-order valence-electron chi connectivity index (χ4n) is 1.49. The molecule has 1 unspecified atom stereocenters. The van der Waals surface area contributed by atoms with Crippen molar-refractivity contribution in [2.75, 3.05) is 11.4 Å². The maximum absolute atomic E-state index is 12.7. The molecule has 12 heteroatoms. The number of amides is 1. The van der Waals surface area contributed by atoms with E-state index in [-0.39, 0.29) is 0 Å². The van der Waals surface area contributed by atoms with Gasteiger partial charge in [-0.2, -0.15) is 21.6 Å². The SMILES string of the molecule is O=C1CC(S(=O)(=O)F)CN1c1nnc(C(F)(F)F)o1. The number of carbonyl (C=O) groups is 1. The van der Waals surface area contributed by atoms with Crippen molar-refractivity contribution < 1.29 is 34.7 Å². The largest absolute Gasteiger partial charge is 0.470 e. The fraction of sp³-hybridized carbons (Fsp3) is 0.571. The average Bonchev–Trinajstić information content (AvgIpc) is 2.80. The van der Waals surface area contributed by atoms with Crippen LogP contribution in [0.4, 0.5) is 23.1 Å². The van der Waals surface area contributed by atoms with Gasteiger partial charge in [-0.3, -0.25) is 9.69 Å². The number of rotatable bonds is 2. The van der Waals surface area contributed by atoms with E-state index in [2.05, 4.69) is 14.6 Å². The molecule has 2 rings (SSSR count). The monoisotopic (exact) mass is 303 g/mol. The van der Waals surface area contributed by atoms with Gasteiger partial charge >= 0.3 is 28.3 Å². The Morgan fingerprint density at radius 1 is 1.32 bits per heavy atom. The summed E-state index contributed by atoms with van der Waals surface area (Å²) >= 11 is 0. The molecule has 0 saturated carbocycles. The van der Waals surface area contributed by atoms with Gasteiger partial charge in [-0.15, -0.1) is 8.98 Å². The number of alkyl halides is 3. The number of aromatic nitrogens is 2. The maximum atomic E-state index is 12.7. The molecule has 0 aliphatic carbocycles. The van der Waals surface area contributed by atoms with Gasteiger partial charge in [0.25, 0.3) is 0 Å². The summed E-state index contributed by atoms with van der Waals surface area (Å²) in [4.78, 5) is 11.9. The fourth-order valence-corrected chi connectivity index (χ4v) is 2.16. The molecule has 0 N–H and O–H groups in total. The second-order valence-electron chi connectivity index (χ2n) is 3.69. The Hall–Kier alpha value is -1.72. The Balaban J connectivity index is 2.24. The smallest absolute Gasteiger partial charge is 0.399 e. The maximum Gasteiger partial charge on any atom is 0.470 e. The summed E-state index contributed by atoms with van der Waals surface area (Å²) in [6.07, 6.45) is -5.58. The molecule has 1 atom stereocenters. The molecular weight excluding hydrogens is 298 g/mol. The Bertz CT molecular complexity index is 610. The molecule has 106 valence electrons. The van der Waals surface area contributed by atoms with Gasteiger partial charge in [0, 0.05) is 6.42 Å². The van der Waals surface area contributed by atoms with Crippen LogP contribution in [-0.2, 0) is 21.2 Å². The standard InChI is InChI=1S/C7H5F4N3O4S/c8-7(9,10)5-12-13-6(18-5)14-2-3(1-4(14)15)19(11,16)17/h3H,1-2H2. The third-order valence-corrected chi connectivity index (χ3v) is 3.49. The second-order valence-corrected chi connectivity index (χ2v) is 5.31. The van der Waals surface area contributed by atoms with Gasteiger partial charge in [0.15, 0.2) is 0 Å². The highest BCUT2D eigenvalue weighted by Crippen LogP contribution is 2.31. The van der Waals surface area contributed by atoms with Crippen molar-refractivity contribution in [2.45, 2.75) is 17.8 Å². The lowest BCUT2D eigenvalue weighted by Gasteiger charge is -2.09. The van der Waals surface area contributed by atoms with Crippen LogP contribution in [0.15, 0.2) is 4.42 Å². The van der Waals surface area contributed by atoms with Gasteiger partial charge < -0.3 is 4.42 Å². The molecule has 2 heterocycles. The molecule has 1 aliphatic rings.